The standard InChI is InChI=1S/C26H48O8/c1-2-3-4-5-6-7-8-9-10-11-12-13-14-15-16-17-22(29)34-25(21(28)20-27)23(30)24(31)26-32-18-19-33-26/h9-10,21,23-28,30-31H,2-8,11-20H2,1H3/b10-9-/t21-,23-,24-,25-/m1/s1. The molecule has 1 heterocycles. The van der Waals surface area contributed by atoms with E-state index in [9.17, 15) is 25.2 Å². The maximum Gasteiger partial charge on any atom is 0.306 e. The molecule has 34 heavy (non-hydrogen) atoms. The lowest BCUT2D eigenvalue weighted by Crippen LogP contribution is -2.52. The second kappa shape index (κ2) is 20.2. The van der Waals surface area contributed by atoms with Gasteiger partial charge in [0.05, 0.1) is 19.8 Å². The molecule has 8 heteroatoms. The smallest absolute Gasteiger partial charge is 0.306 e. The van der Waals surface area contributed by atoms with E-state index in [0.29, 0.717) is 6.42 Å². The molecule has 0 aromatic heterocycles. The Balaban J connectivity index is 2.11. The Hall–Kier alpha value is -1.03. The number of ether oxygens (including phenoxy) is 3. The lowest BCUT2D eigenvalue weighted by Gasteiger charge is -2.31. The van der Waals surface area contributed by atoms with Crippen LogP contribution in [0.25, 0.3) is 0 Å². The normalized spacial score (nSPS) is 18.3. The molecular formula is C26H48O8. The zero-order valence-electron chi connectivity index (χ0n) is 21.0. The zero-order chi connectivity index (χ0) is 25.0. The number of hydrogen-bond donors (Lipinski definition) is 4. The molecule has 0 saturated carbocycles. The SMILES string of the molecule is CCCCCCCC/C=C\CCCCCCCC(=O)O[C@@H]([C@H](O)[C@@H](O)C1OCCO1)[C@H](O)CO. The molecule has 0 spiro atoms. The van der Waals surface area contributed by atoms with Gasteiger partial charge in [0.1, 0.15) is 18.3 Å². The molecule has 1 saturated heterocycles. The number of hydrogen-bond acceptors (Lipinski definition) is 8. The van der Waals surface area contributed by atoms with Crippen molar-refractivity contribution in [1.29, 1.82) is 0 Å². The molecule has 1 aliphatic heterocycles. The minimum Gasteiger partial charge on any atom is -0.457 e. The van der Waals surface area contributed by atoms with Crippen molar-refractivity contribution in [1.82, 2.24) is 0 Å². The molecule has 0 amide bonds. The Morgan fingerprint density at radius 3 is 1.97 bits per heavy atom. The first-order valence-corrected chi connectivity index (χ1v) is 13.2. The number of rotatable bonds is 21. The summed E-state index contributed by atoms with van der Waals surface area (Å²) in [5.74, 6) is -0.588. The maximum absolute atomic E-state index is 12.2. The summed E-state index contributed by atoms with van der Waals surface area (Å²) < 4.78 is 15.5. The minimum absolute atomic E-state index is 0.145. The number of carbonyl (C=O) groups is 1. The van der Waals surface area contributed by atoms with Crippen LogP contribution in [0.1, 0.15) is 96.8 Å². The molecule has 1 rings (SSSR count). The zero-order valence-corrected chi connectivity index (χ0v) is 21.0. The van der Waals surface area contributed by atoms with Crippen LogP contribution in [0.4, 0.5) is 0 Å². The highest BCUT2D eigenvalue weighted by Gasteiger charge is 2.40. The van der Waals surface area contributed by atoms with E-state index in [1.165, 1.54) is 44.9 Å². The van der Waals surface area contributed by atoms with Crippen molar-refractivity contribution in [3.8, 4) is 0 Å². The largest absolute Gasteiger partial charge is 0.457 e. The van der Waals surface area contributed by atoms with Gasteiger partial charge in [-0.3, -0.25) is 4.79 Å². The number of allylic oxidation sites excluding steroid dienone is 2. The first-order valence-electron chi connectivity index (χ1n) is 13.2. The number of aliphatic hydroxyl groups is 4. The third-order valence-corrected chi connectivity index (χ3v) is 6.09. The molecule has 0 bridgehead atoms. The van der Waals surface area contributed by atoms with Gasteiger partial charge < -0.3 is 34.6 Å². The highest BCUT2D eigenvalue weighted by Crippen LogP contribution is 2.18. The van der Waals surface area contributed by atoms with Gasteiger partial charge in [-0.05, 0) is 32.1 Å². The predicted octanol–water partition coefficient (Wildman–Crippen LogP) is 3.38. The number of esters is 1. The number of unbranched alkanes of at least 4 members (excludes halogenated alkanes) is 11. The Kier molecular flexibility index (Phi) is 18.4. The quantitative estimate of drug-likeness (QED) is 0.110. The van der Waals surface area contributed by atoms with Crippen molar-refractivity contribution in [3.63, 3.8) is 0 Å². The summed E-state index contributed by atoms with van der Waals surface area (Å²) in [6, 6.07) is 0. The molecule has 200 valence electrons. The van der Waals surface area contributed by atoms with E-state index < -0.39 is 43.3 Å². The monoisotopic (exact) mass is 488 g/mol. The van der Waals surface area contributed by atoms with E-state index in [2.05, 4.69) is 19.1 Å². The summed E-state index contributed by atoms with van der Waals surface area (Å²) in [5.41, 5.74) is 0. The fourth-order valence-corrected chi connectivity index (χ4v) is 3.96. The summed E-state index contributed by atoms with van der Waals surface area (Å²) in [4.78, 5) is 12.2. The van der Waals surface area contributed by atoms with Gasteiger partial charge in [-0.2, -0.15) is 0 Å². The summed E-state index contributed by atoms with van der Waals surface area (Å²) in [5, 5.41) is 39.7. The van der Waals surface area contributed by atoms with Crippen molar-refractivity contribution in [3.05, 3.63) is 12.2 Å². The first-order chi connectivity index (χ1) is 16.5. The predicted molar refractivity (Wildman–Crippen MR) is 130 cm³/mol. The molecule has 0 radical (unpaired) electrons. The second-order valence-corrected chi connectivity index (χ2v) is 9.13. The molecule has 8 nitrogen and oxygen atoms in total. The van der Waals surface area contributed by atoms with Crippen LogP contribution in [0.2, 0.25) is 0 Å². The highest BCUT2D eigenvalue weighted by atomic mass is 16.7. The Morgan fingerprint density at radius 2 is 1.41 bits per heavy atom. The van der Waals surface area contributed by atoms with Crippen LogP contribution in [-0.2, 0) is 19.0 Å². The van der Waals surface area contributed by atoms with Gasteiger partial charge in [0, 0.05) is 6.42 Å². The fourth-order valence-electron chi connectivity index (χ4n) is 3.96. The van der Waals surface area contributed by atoms with Gasteiger partial charge in [-0.25, -0.2) is 0 Å². The van der Waals surface area contributed by atoms with Crippen LogP contribution in [-0.4, -0.2) is 76.9 Å². The van der Waals surface area contributed by atoms with E-state index in [4.69, 9.17) is 14.2 Å². The van der Waals surface area contributed by atoms with Gasteiger partial charge in [0.2, 0.25) is 0 Å². The lowest BCUT2D eigenvalue weighted by molar-refractivity contribution is -0.203. The van der Waals surface area contributed by atoms with E-state index in [1.807, 2.05) is 0 Å². The molecule has 0 aromatic carbocycles. The summed E-state index contributed by atoms with van der Waals surface area (Å²) >= 11 is 0. The third-order valence-electron chi connectivity index (χ3n) is 6.09. The van der Waals surface area contributed by atoms with Crippen molar-refractivity contribution in [2.24, 2.45) is 0 Å². The molecular weight excluding hydrogens is 440 g/mol. The van der Waals surface area contributed by atoms with Crippen molar-refractivity contribution < 1.29 is 39.4 Å². The highest BCUT2D eigenvalue weighted by molar-refractivity contribution is 5.69. The lowest BCUT2D eigenvalue weighted by atomic mass is 10.0. The summed E-state index contributed by atoms with van der Waals surface area (Å²) in [6.07, 6.45) is 12.5. The molecule has 4 N–H and O–H groups in total. The van der Waals surface area contributed by atoms with Crippen molar-refractivity contribution in [2.45, 2.75) is 128 Å². The van der Waals surface area contributed by atoms with E-state index >= 15 is 0 Å². The number of aliphatic hydroxyl groups excluding tert-OH is 4. The van der Waals surface area contributed by atoms with Gasteiger partial charge in [-0.15, -0.1) is 0 Å². The fraction of sp³-hybridized carbons (Fsp3) is 0.885. The Labute approximate surface area is 205 Å². The van der Waals surface area contributed by atoms with Crippen molar-refractivity contribution in [2.75, 3.05) is 19.8 Å². The molecule has 1 fully saturated rings. The maximum atomic E-state index is 12.2. The average Bonchev–Trinajstić information content (AvgIpc) is 3.38. The summed E-state index contributed by atoms with van der Waals surface area (Å²) in [6.45, 7) is 2.07. The number of carbonyl (C=O) groups excluding carboxylic acids is 1. The van der Waals surface area contributed by atoms with Crippen LogP contribution in [0.5, 0.6) is 0 Å². The minimum atomic E-state index is -1.65. The van der Waals surface area contributed by atoms with Gasteiger partial charge >= 0.3 is 5.97 Å². The van der Waals surface area contributed by atoms with E-state index in [-0.39, 0.29) is 19.6 Å². The van der Waals surface area contributed by atoms with Gasteiger partial charge in [0.25, 0.3) is 0 Å². The topological polar surface area (TPSA) is 126 Å². The van der Waals surface area contributed by atoms with E-state index in [1.54, 1.807) is 0 Å². The van der Waals surface area contributed by atoms with Crippen LogP contribution < -0.4 is 0 Å². The molecule has 4 atom stereocenters. The van der Waals surface area contributed by atoms with Gasteiger partial charge in [-0.1, -0.05) is 70.4 Å². The third kappa shape index (κ3) is 13.8. The summed E-state index contributed by atoms with van der Waals surface area (Å²) in [7, 11) is 0. The van der Waals surface area contributed by atoms with E-state index in [0.717, 1.165) is 32.1 Å². The molecule has 0 aliphatic carbocycles. The molecule has 0 aromatic rings. The van der Waals surface area contributed by atoms with Gasteiger partial charge in [0.15, 0.2) is 12.4 Å². The second-order valence-electron chi connectivity index (χ2n) is 9.13. The first kappa shape index (κ1) is 31.0. The van der Waals surface area contributed by atoms with Crippen LogP contribution in [0.15, 0.2) is 12.2 Å². The average molecular weight is 489 g/mol. The Morgan fingerprint density at radius 1 is 0.882 bits per heavy atom. The molecule has 0 unspecified atom stereocenters. The van der Waals surface area contributed by atoms with Crippen LogP contribution >= 0.6 is 0 Å². The molecule has 1 aliphatic rings. The Bertz CT molecular complexity index is 521. The van der Waals surface area contributed by atoms with Crippen LogP contribution in [0, 0.1) is 0 Å². The van der Waals surface area contributed by atoms with Crippen molar-refractivity contribution >= 4 is 5.97 Å². The van der Waals surface area contributed by atoms with Crippen LogP contribution in [0.3, 0.4) is 0 Å².